The molecule has 120 valence electrons. The lowest BCUT2D eigenvalue weighted by Gasteiger charge is -2.23. The van der Waals surface area contributed by atoms with E-state index in [2.05, 4.69) is 31.5 Å². The van der Waals surface area contributed by atoms with Gasteiger partial charge in [0.1, 0.15) is 12.2 Å². The number of anilines is 1. The Hall–Kier alpha value is -2.70. The molecule has 7 heteroatoms. The average Bonchev–Trinajstić information content (AvgIpc) is 3.00. The average molecular weight is 313 g/mol. The molecule has 0 radical (unpaired) electrons. The first kappa shape index (κ1) is 15.2. The maximum atomic E-state index is 11.8. The molecule has 0 bridgehead atoms. The number of carbonyl (C=O) groups is 2. The van der Waals surface area contributed by atoms with Crippen LogP contribution < -0.4 is 10.6 Å². The second kappa shape index (κ2) is 6.60. The van der Waals surface area contributed by atoms with Crippen LogP contribution in [0.5, 0.6) is 0 Å². The Labute approximate surface area is 134 Å². The van der Waals surface area contributed by atoms with Crippen LogP contribution in [-0.2, 0) is 22.6 Å². The number of nitrogens with one attached hydrogen (secondary N) is 2. The van der Waals surface area contributed by atoms with Crippen molar-refractivity contribution >= 4 is 17.5 Å². The summed E-state index contributed by atoms with van der Waals surface area (Å²) in [5.74, 6) is 0.953. The lowest BCUT2D eigenvalue weighted by Crippen LogP contribution is -2.31. The van der Waals surface area contributed by atoms with Gasteiger partial charge in [0.15, 0.2) is 0 Å². The van der Waals surface area contributed by atoms with Gasteiger partial charge in [-0.3, -0.25) is 9.59 Å². The first-order chi connectivity index (χ1) is 11.1. The summed E-state index contributed by atoms with van der Waals surface area (Å²) < 4.78 is 2.08. The van der Waals surface area contributed by atoms with E-state index in [1.807, 2.05) is 18.2 Å². The molecular formula is C16H19N5O2. The van der Waals surface area contributed by atoms with Crippen LogP contribution in [0.1, 0.15) is 30.7 Å². The van der Waals surface area contributed by atoms with Gasteiger partial charge in [0.2, 0.25) is 11.8 Å². The van der Waals surface area contributed by atoms with Gasteiger partial charge in [0, 0.05) is 31.5 Å². The molecule has 1 aromatic heterocycles. The molecule has 7 nitrogen and oxygen atoms in total. The first-order valence-corrected chi connectivity index (χ1v) is 7.63. The van der Waals surface area contributed by atoms with Crippen LogP contribution in [0.4, 0.5) is 5.69 Å². The Morgan fingerprint density at radius 2 is 2.26 bits per heavy atom. The summed E-state index contributed by atoms with van der Waals surface area (Å²) in [4.78, 5) is 22.6. The van der Waals surface area contributed by atoms with Crippen LogP contribution in [0.25, 0.3) is 0 Å². The predicted molar refractivity (Wildman–Crippen MR) is 84.8 cm³/mol. The van der Waals surface area contributed by atoms with Crippen LogP contribution in [0.2, 0.25) is 0 Å². The minimum absolute atomic E-state index is 0.0208. The normalized spacial score (nSPS) is 16.5. The fourth-order valence-corrected chi connectivity index (χ4v) is 2.81. The van der Waals surface area contributed by atoms with Crippen LogP contribution in [0.3, 0.4) is 0 Å². The predicted octanol–water partition coefficient (Wildman–Crippen LogP) is 1.08. The summed E-state index contributed by atoms with van der Waals surface area (Å²) in [5.41, 5.74) is 1.93. The van der Waals surface area contributed by atoms with Crippen molar-refractivity contribution in [2.75, 3.05) is 11.9 Å². The third-order valence-corrected chi connectivity index (χ3v) is 3.97. The van der Waals surface area contributed by atoms with E-state index in [1.165, 1.54) is 12.5 Å². The lowest BCUT2D eigenvalue weighted by atomic mass is 9.91. The number of carbonyl (C=O) groups excluding carboxylic acids is 2. The summed E-state index contributed by atoms with van der Waals surface area (Å²) in [6.07, 6.45) is 3.69. The summed E-state index contributed by atoms with van der Waals surface area (Å²) in [6, 6.07) is 7.85. The van der Waals surface area contributed by atoms with Gasteiger partial charge < -0.3 is 15.2 Å². The van der Waals surface area contributed by atoms with E-state index >= 15 is 0 Å². The fourth-order valence-electron chi connectivity index (χ4n) is 2.81. The molecule has 0 saturated heterocycles. The monoisotopic (exact) mass is 313 g/mol. The van der Waals surface area contributed by atoms with Gasteiger partial charge in [0.05, 0.1) is 6.54 Å². The molecule has 1 atom stereocenters. The van der Waals surface area contributed by atoms with Crippen molar-refractivity contribution in [3.05, 3.63) is 42.0 Å². The van der Waals surface area contributed by atoms with Crippen molar-refractivity contribution in [1.82, 2.24) is 20.1 Å². The SMILES string of the molecule is CC(=O)NCC(=O)Nc1cccc([C@@H]2CCc3nncn3C2)c1. The molecular weight excluding hydrogens is 294 g/mol. The quantitative estimate of drug-likeness (QED) is 0.884. The molecule has 0 saturated carbocycles. The third kappa shape index (κ3) is 3.74. The van der Waals surface area contributed by atoms with Crippen LogP contribution >= 0.6 is 0 Å². The lowest BCUT2D eigenvalue weighted by molar-refractivity contribution is -0.122. The summed E-state index contributed by atoms with van der Waals surface area (Å²) in [5, 5.41) is 13.3. The number of amides is 2. The maximum absolute atomic E-state index is 11.8. The number of hydrogen-bond acceptors (Lipinski definition) is 4. The van der Waals surface area contributed by atoms with Crippen LogP contribution in [0.15, 0.2) is 30.6 Å². The molecule has 2 amide bonds. The number of aromatic nitrogens is 3. The number of benzene rings is 1. The molecule has 0 fully saturated rings. The molecule has 2 aromatic rings. The number of rotatable bonds is 4. The van der Waals surface area contributed by atoms with Gasteiger partial charge in [-0.05, 0) is 24.1 Å². The first-order valence-electron chi connectivity index (χ1n) is 7.63. The van der Waals surface area contributed by atoms with Crippen LogP contribution in [-0.4, -0.2) is 33.1 Å². The second-order valence-corrected chi connectivity index (χ2v) is 5.72. The van der Waals surface area contributed by atoms with E-state index < -0.39 is 0 Å². The smallest absolute Gasteiger partial charge is 0.243 e. The number of nitrogens with zero attached hydrogens (tertiary/aromatic N) is 3. The standard InChI is InChI=1S/C16H19N5O2/c1-11(22)17-8-16(23)19-14-4-2-3-12(7-14)13-5-6-15-20-18-10-21(15)9-13/h2-4,7,10,13H,5-6,8-9H2,1H3,(H,17,22)(H,19,23)/t13-/m1/s1. The Morgan fingerprint density at radius 3 is 3.09 bits per heavy atom. The molecule has 2 heterocycles. The number of fused-ring (bicyclic) bond motifs is 1. The molecule has 3 rings (SSSR count). The summed E-state index contributed by atoms with van der Waals surface area (Å²) in [6.45, 7) is 2.22. The highest BCUT2D eigenvalue weighted by atomic mass is 16.2. The number of hydrogen-bond donors (Lipinski definition) is 2. The largest absolute Gasteiger partial charge is 0.347 e. The highest BCUT2D eigenvalue weighted by Gasteiger charge is 2.21. The summed E-state index contributed by atoms with van der Waals surface area (Å²) >= 11 is 0. The zero-order valence-corrected chi connectivity index (χ0v) is 13.0. The molecule has 1 aliphatic rings. The maximum Gasteiger partial charge on any atom is 0.243 e. The van der Waals surface area contributed by atoms with Crippen molar-refractivity contribution in [2.24, 2.45) is 0 Å². The van der Waals surface area contributed by atoms with Gasteiger partial charge in [0.25, 0.3) is 0 Å². The van der Waals surface area contributed by atoms with Gasteiger partial charge in [-0.25, -0.2) is 0 Å². The Bertz CT molecular complexity index is 725. The highest BCUT2D eigenvalue weighted by Crippen LogP contribution is 2.29. The Morgan fingerprint density at radius 1 is 1.39 bits per heavy atom. The second-order valence-electron chi connectivity index (χ2n) is 5.72. The van der Waals surface area contributed by atoms with E-state index in [0.29, 0.717) is 5.92 Å². The third-order valence-electron chi connectivity index (χ3n) is 3.97. The molecule has 0 spiro atoms. The zero-order chi connectivity index (χ0) is 16.2. The molecule has 23 heavy (non-hydrogen) atoms. The van der Waals surface area contributed by atoms with Crippen molar-refractivity contribution in [3.8, 4) is 0 Å². The van der Waals surface area contributed by atoms with Gasteiger partial charge in [-0.2, -0.15) is 0 Å². The van der Waals surface area contributed by atoms with E-state index in [9.17, 15) is 9.59 Å². The molecule has 0 unspecified atom stereocenters. The molecule has 1 aromatic carbocycles. The minimum atomic E-state index is -0.234. The van der Waals surface area contributed by atoms with Crippen molar-refractivity contribution in [2.45, 2.75) is 32.2 Å². The van der Waals surface area contributed by atoms with Crippen LogP contribution in [0, 0.1) is 0 Å². The van der Waals surface area contributed by atoms with Crippen molar-refractivity contribution < 1.29 is 9.59 Å². The Balaban J connectivity index is 1.66. The van der Waals surface area contributed by atoms with E-state index in [-0.39, 0.29) is 18.4 Å². The molecule has 0 aliphatic carbocycles. The van der Waals surface area contributed by atoms with Crippen molar-refractivity contribution in [1.29, 1.82) is 0 Å². The minimum Gasteiger partial charge on any atom is -0.347 e. The van der Waals surface area contributed by atoms with Gasteiger partial charge in [-0.1, -0.05) is 12.1 Å². The topological polar surface area (TPSA) is 88.9 Å². The number of aryl methyl sites for hydroxylation is 1. The Kier molecular flexibility index (Phi) is 4.36. The highest BCUT2D eigenvalue weighted by molar-refractivity contribution is 5.94. The molecule has 2 N–H and O–H groups in total. The zero-order valence-electron chi connectivity index (χ0n) is 13.0. The fraction of sp³-hybridized carbons (Fsp3) is 0.375. The van der Waals surface area contributed by atoms with E-state index in [0.717, 1.165) is 30.9 Å². The molecule has 1 aliphatic heterocycles. The summed E-state index contributed by atoms with van der Waals surface area (Å²) in [7, 11) is 0. The van der Waals surface area contributed by atoms with Crippen molar-refractivity contribution in [3.63, 3.8) is 0 Å². The van der Waals surface area contributed by atoms with E-state index in [4.69, 9.17) is 0 Å². The van der Waals surface area contributed by atoms with E-state index in [1.54, 1.807) is 6.33 Å². The van der Waals surface area contributed by atoms with Gasteiger partial charge >= 0.3 is 0 Å². The van der Waals surface area contributed by atoms with Gasteiger partial charge in [-0.15, -0.1) is 10.2 Å².